The molecule has 1 aromatic heterocycles. The second-order valence-electron chi connectivity index (χ2n) is 20.0. The van der Waals surface area contributed by atoms with E-state index in [4.69, 9.17) is 0 Å². The van der Waals surface area contributed by atoms with Crippen molar-refractivity contribution in [2.75, 3.05) is 24.5 Å². The Balaban J connectivity index is 1.01. The molecule has 12 aromatic rings. The fraction of sp³-hybridized carbons (Fsp3) is 0. The van der Waals surface area contributed by atoms with Crippen molar-refractivity contribution in [2.45, 2.75) is 0 Å². The summed E-state index contributed by atoms with van der Waals surface area (Å²) >= 11 is 1.95. The molecule has 0 spiro atoms. The first kappa shape index (κ1) is 43.0. The van der Waals surface area contributed by atoms with Gasteiger partial charge in [0.05, 0.1) is 5.69 Å². The average Bonchev–Trinajstić information content (AvgIpc) is 4.01. The van der Waals surface area contributed by atoms with Crippen LogP contribution < -0.4 is 56.6 Å². The molecule has 0 N–H and O–H groups in total. The number of thiophene rings is 1. The van der Waals surface area contributed by atoms with E-state index in [1.807, 2.05) is 11.3 Å². The molecule has 4 aliphatic heterocycles. The Hall–Kier alpha value is -9.49. The van der Waals surface area contributed by atoms with Crippen LogP contribution in [0.25, 0.3) is 10.1 Å². The molecule has 0 atom stereocenters. The molecule has 0 bridgehead atoms. The Morgan fingerprint density at radius 1 is 0.289 bits per heavy atom. The number of nitrogens with zero attached hydrogens (tertiary/aromatic N) is 5. The molecule has 0 aliphatic carbocycles. The Labute approximate surface area is 447 Å². The molecule has 354 valence electrons. The first-order chi connectivity index (χ1) is 37.8. The van der Waals surface area contributed by atoms with E-state index >= 15 is 0 Å². The van der Waals surface area contributed by atoms with Gasteiger partial charge >= 0.3 is 0 Å². The third-order valence-electron chi connectivity index (χ3n) is 15.9. The number of para-hydroxylation sites is 6. The maximum absolute atomic E-state index is 2.63. The number of benzene rings is 11. The van der Waals surface area contributed by atoms with E-state index < -0.39 is 0 Å². The zero-order valence-corrected chi connectivity index (χ0v) is 42.1. The van der Waals surface area contributed by atoms with Gasteiger partial charge in [0.1, 0.15) is 0 Å². The van der Waals surface area contributed by atoms with Crippen LogP contribution in [0, 0.1) is 0 Å². The molecule has 5 nitrogen and oxygen atoms in total. The van der Waals surface area contributed by atoms with Crippen LogP contribution in [0.1, 0.15) is 0 Å². The van der Waals surface area contributed by atoms with Gasteiger partial charge in [-0.25, -0.2) is 0 Å². The molecular weight excluding hydrogens is 940 g/mol. The van der Waals surface area contributed by atoms with Crippen molar-refractivity contribution in [2.24, 2.45) is 0 Å². The van der Waals surface area contributed by atoms with Crippen LogP contribution in [0.4, 0.5) is 85.3 Å². The second kappa shape index (κ2) is 17.0. The van der Waals surface area contributed by atoms with Crippen molar-refractivity contribution < 1.29 is 0 Å². The number of rotatable bonds is 7. The molecule has 76 heavy (non-hydrogen) atoms. The molecule has 0 saturated heterocycles. The summed E-state index contributed by atoms with van der Waals surface area (Å²) in [6.07, 6.45) is 0. The summed E-state index contributed by atoms with van der Waals surface area (Å²) in [4.78, 5) is 12.5. The Morgan fingerprint density at radius 2 is 0.697 bits per heavy atom. The van der Waals surface area contributed by atoms with Crippen molar-refractivity contribution in [3.8, 4) is 0 Å². The maximum Gasteiger partial charge on any atom is 0.264 e. The first-order valence-electron chi connectivity index (χ1n) is 26.2. The Morgan fingerprint density at radius 3 is 1.21 bits per heavy atom. The fourth-order valence-electron chi connectivity index (χ4n) is 12.9. The van der Waals surface area contributed by atoms with Crippen molar-refractivity contribution in [1.29, 1.82) is 0 Å². The van der Waals surface area contributed by atoms with Crippen LogP contribution in [0.3, 0.4) is 0 Å². The van der Waals surface area contributed by atoms with E-state index in [9.17, 15) is 0 Å². The number of fused-ring (bicyclic) bond motifs is 10. The van der Waals surface area contributed by atoms with Gasteiger partial charge in [0.2, 0.25) is 0 Å². The second-order valence-corrected chi connectivity index (χ2v) is 21.1. The molecule has 5 heterocycles. The van der Waals surface area contributed by atoms with Crippen molar-refractivity contribution in [1.82, 2.24) is 0 Å². The van der Waals surface area contributed by atoms with E-state index in [1.54, 1.807) is 0 Å². The zero-order chi connectivity index (χ0) is 49.8. The lowest BCUT2D eigenvalue weighted by molar-refractivity contribution is 1.23. The van der Waals surface area contributed by atoms with Gasteiger partial charge < -0.3 is 24.5 Å². The quantitative estimate of drug-likeness (QED) is 0.148. The van der Waals surface area contributed by atoms with Gasteiger partial charge in [0.15, 0.2) is 0 Å². The monoisotopic (exact) mass is 985 g/mol. The molecule has 0 radical (unpaired) electrons. The minimum atomic E-state index is -0.106. The Bertz CT molecular complexity index is 4180. The zero-order valence-electron chi connectivity index (χ0n) is 41.3. The smallest absolute Gasteiger partial charge is 0.264 e. The van der Waals surface area contributed by atoms with Gasteiger partial charge in [-0.15, -0.1) is 11.3 Å². The highest BCUT2D eigenvalue weighted by molar-refractivity contribution is 7.33. The van der Waals surface area contributed by atoms with Crippen LogP contribution in [0.15, 0.2) is 273 Å². The normalized spacial score (nSPS) is 13.4. The highest BCUT2D eigenvalue weighted by Crippen LogP contribution is 2.51. The summed E-state index contributed by atoms with van der Waals surface area (Å²) in [6.45, 7) is -0.150. The minimum Gasteiger partial charge on any atom is -0.311 e. The third-order valence-corrected chi connectivity index (χ3v) is 17.2. The van der Waals surface area contributed by atoms with Gasteiger partial charge in [-0.2, -0.15) is 0 Å². The van der Waals surface area contributed by atoms with Crippen LogP contribution in [0.2, 0.25) is 0 Å². The molecule has 4 aliphatic rings. The fourth-order valence-corrected chi connectivity index (χ4v) is 14.2. The van der Waals surface area contributed by atoms with Gasteiger partial charge in [0.25, 0.3) is 13.4 Å². The number of hydrogen-bond acceptors (Lipinski definition) is 6. The summed E-state index contributed by atoms with van der Waals surface area (Å²) < 4.78 is 2.65. The van der Waals surface area contributed by atoms with Crippen molar-refractivity contribution >= 4 is 152 Å². The van der Waals surface area contributed by atoms with Crippen LogP contribution >= 0.6 is 11.3 Å². The molecule has 0 fully saturated rings. The number of anilines is 15. The topological polar surface area (TPSA) is 16.2 Å². The molecule has 0 unspecified atom stereocenters. The lowest BCUT2D eigenvalue weighted by Gasteiger charge is -2.47. The molecule has 0 amide bonds. The molecule has 16 rings (SSSR count). The van der Waals surface area contributed by atoms with E-state index in [0.29, 0.717) is 0 Å². The van der Waals surface area contributed by atoms with Gasteiger partial charge in [-0.1, -0.05) is 152 Å². The lowest BCUT2D eigenvalue weighted by atomic mass is 9.31. The van der Waals surface area contributed by atoms with Gasteiger partial charge in [0, 0.05) is 94.5 Å². The summed E-state index contributed by atoms with van der Waals surface area (Å²) in [5.74, 6) is 0. The van der Waals surface area contributed by atoms with Crippen LogP contribution in [-0.2, 0) is 0 Å². The van der Waals surface area contributed by atoms with E-state index in [1.165, 1.54) is 82.0 Å². The van der Waals surface area contributed by atoms with Crippen molar-refractivity contribution in [3.63, 3.8) is 0 Å². The molecule has 0 saturated carbocycles. The van der Waals surface area contributed by atoms with E-state index in [2.05, 4.69) is 297 Å². The summed E-state index contributed by atoms with van der Waals surface area (Å²) in [5, 5.41) is 1.28. The molecule has 11 aromatic carbocycles. The van der Waals surface area contributed by atoms with Crippen molar-refractivity contribution in [3.05, 3.63) is 273 Å². The predicted molar refractivity (Wildman–Crippen MR) is 325 cm³/mol. The van der Waals surface area contributed by atoms with Crippen LogP contribution in [-0.4, -0.2) is 13.4 Å². The summed E-state index contributed by atoms with van der Waals surface area (Å²) in [5.41, 5.74) is 23.9. The van der Waals surface area contributed by atoms with Gasteiger partial charge in [-0.05, 0) is 149 Å². The van der Waals surface area contributed by atoms with E-state index in [0.717, 1.165) is 45.5 Å². The first-order valence-corrected chi connectivity index (χ1v) is 27.0. The summed E-state index contributed by atoms with van der Waals surface area (Å²) in [6, 6.07) is 101. The minimum absolute atomic E-state index is 0.0443. The Kier molecular flexibility index (Phi) is 9.63. The van der Waals surface area contributed by atoms with Crippen LogP contribution in [0.5, 0.6) is 0 Å². The number of hydrogen-bond donors (Lipinski definition) is 0. The highest BCUT2D eigenvalue weighted by atomic mass is 32.1. The third kappa shape index (κ3) is 6.34. The highest BCUT2D eigenvalue weighted by Gasteiger charge is 2.49. The average molecular weight is 986 g/mol. The predicted octanol–water partition coefficient (Wildman–Crippen LogP) is 14.5. The maximum atomic E-state index is 2.63. The van der Waals surface area contributed by atoms with E-state index in [-0.39, 0.29) is 13.4 Å². The molecule has 8 heteroatoms. The molecular formula is C68H45B2N5S. The SMILES string of the molecule is c1ccc(N(c2ccccc2)c2ccc3c(c2)N(c2ccccc2)c2cccc4c2B3c2cc3c(cc2N4c2ccccc2)N(c2ccccc2)c2cccc4c2B3c2sc3ccccc3c2N4c2ccccc2)cc1. The standard InChI is InChI=1S/C68H45B2N5S/c1-7-23-46(24-8-1)71(47-25-9-2-10-26-47)52-41-42-54-61(43-52)72(48-27-11-3-12-28-48)57-36-21-37-58-65(57)69(54)55-44-56-63(45-62(55)73(58)49-29-13-4-14-30-49)74(50-31-15-5-16-32-50)59-38-22-39-60-66(59)70(56)68-67(53-35-19-20-40-64(53)76-68)75(60)51-33-17-6-18-34-51/h1-45H. The van der Waals surface area contributed by atoms with Gasteiger partial charge in [-0.3, -0.25) is 0 Å². The lowest BCUT2D eigenvalue weighted by Crippen LogP contribution is -2.65. The summed E-state index contributed by atoms with van der Waals surface area (Å²) in [7, 11) is 0. The largest absolute Gasteiger partial charge is 0.311 e.